The quantitative estimate of drug-likeness (QED) is 0.923. The zero-order valence-electron chi connectivity index (χ0n) is 10.6. The number of hydrogen-bond donors (Lipinski definition) is 1. The van der Waals surface area contributed by atoms with Crippen LogP contribution in [0.25, 0.3) is 0 Å². The van der Waals surface area contributed by atoms with Crippen molar-refractivity contribution < 1.29 is 0 Å². The van der Waals surface area contributed by atoms with Crippen molar-refractivity contribution in [3.63, 3.8) is 0 Å². The van der Waals surface area contributed by atoms with Crippen LogP contribution in [0.5, 0.6) is 0 Å². The molecule has 0 aliphatic rings. The third-order valence-electron chi connectivity index (χ3n) is 2.79. The number of aryl methyl sites for hydroxylation is 1. The molecule has 0 bridgehead atoms. The Morgan fingerprint density at radius 3 is 3.00 bits per heavy atom. The van der Waals surface area contributed by atoms with Gasteiger partial charge in [0.2, 0.25) is 0 Å². The summed E-state index contributed by atoms with van der Waals surface area (Å²) in [6.07, 6.45) is 6.86. The second kappa shape index (κ2) is 6.11. The number of rotatable bonds is 5. The number of aromatic nitrogens is 3. The van der Waals surface area contributed by atoms with Gasteiger partial charge in [0.15, 0.2) is 0 Å². The normalized spacial score (nSPS) is 12.6. The lowest BCUT2D eigenvalue weighted by atomic mass is 10.1. The summed E-state index contributed by atoms with van der Waals surface area (Å²) >= 11 is 3.54. The van der Waals surface area contributed by atoms with Crippen molar-refractivity contribution in [2.45, 2.75) is 25.9 Å². The summed E-state index contributed by atoms with van der Waals surface area (Å²) in [4.78, 5) is 4.43. The molecule has 1 unspecified atom stereocenters. The van der Waals surface area contributed by atoms with Crippen molar-refractivity contribution in [1.82, 2.24) is 20.1 Å². The lowest BCUT2D eigenvalue weighted by Gasteiger charge is -2.15. The highest BCUT2D eigenvalue weighted by Crippen LogP contribution is 2.25. The molecule has 2 aromatic heterocycles. The van der Waals surface area contributed by atoms with E-state index in [0.29, 0.717) is 0 Å². The van der Waals surface area contributed by atoms with E-state index in [9.17, 15) is 0 Å². The van der Waals surface area contributed by atoms with Crippen LogP contribution in [0.4, 0.5) is 0 Å². The van der Waals surface area contributed by atoms with E-state index in [-0.39, 0.29) is 6.04 Å². The van der Waals surface area contributed by atoms with Gasteiger partial charge in [0.1, 0.15) is 0 Å². The molecule has 18 heavy (non-hydrogen) atoms. The van der Waals surface area contributed by atoms with Gasteiger partial charge in [0.05, 0.1) is 17.9 Å². The number of halogens is 1. The number of nitrogens with zero attached hydrogens (tertiary/aromatic N) is 3. The van der Waals surface area contributed by atoms with Crippen molar-refractivity contribution >= 4 is 15.9 Å². The van der Waals surface area contributed by atoms with Crippen molar-refractivity contribution in [3.05, 3.63) is 46.5 Å². The average molecular weight is 309 g/mol. The highest BCUT2D eigenvalue weighted by atomic mass is 79.9. The van der Waals surface area contributed by atoms with Crippen LogP contribution in [0.2, 0.25) is 0 Å². The van der Waals surface area contributed by atoms with Crippen LogP contribution in [0.3, 0.4) is 0 Å². The third kappa shape index (κ3) is 2.79. The Labute approximate surface area is 116 Å². The zero-order valence-corrected chi connectivity index (χ0v) is 12.2. The van der Waals surface area contributed by atoms with E-state index in [1.165, 1.54) is 0 Å². The van der Waals surface area contributed by atoms with Crippen LogP contribution in [0, 0.1) is 0 Å². The maximum atomic E-state index is 4.43. The maximum absolute atomic E-state index is 4.43. The van der Waals surface area contributed by atoms with Crippen LogP contribution < -0.4 is 5.32 Å². The molecule has 0 fully saturated rings. The first-order valence-electron chi connectivity index (χ1n) is 6.06. The summed E-state index contributed by atoms with van der Waals surface area (Å²) in [5.41, 5.74) is 2.11. The van der Waals surface area contributed by atoms with Crippen molar-refractivity contribution in [2.24, 2.45) is 0 Å². The topological polar surface area (TPSA) is 42.7 Å². The van der Waals surface area contributed by atoms with E-state index in [1.807, 2.05) is 30.1 Å². The Morgan fingerprint density at radius 2 is 2.33 bits per heavy atom. The van der Waals surface area contributed by atoms with Gasteiger partial charge in [0.25, 0.3) is 0 Å². The van der Waals surface area contributed by atoms with Gasteiger partial charge in [0, 0.05) is 29.0 Å². The summed E-state index contributed by atoms with van der Waals surface area (Å²) in [6.45, 7) is 3.09. The molecular weight excluding hydrogens is 292 g/mol. The zero-order chi connectivity index (χ0) is 13.0. The Balaban J connectivity index is 2.30. The van der Waals surface area contributed by atoms with Gasteiger partial charge < -0.3 is 5.32 Å². The summed E-state index contributed by atoms with van der Waals surface area (Å²) < 4.78 is 2.98. The molecule has 2 aromatic rings. The SMILES string of the molecule is CCCn1cc(C(NC)c2ncccc2Br)cn1. The molecule has 1 N–H and O–H groups in total. The Hall–Kier alpha value is -1.20. The van der Waals surface area contributed by atoms with Crippen LogP contribution in [-0.2, 0) is 6.54 Å². The van der Waals surface area contributed by atoms with Crippen LogP contribution in [0.1, 0.15) is 30.6 Å². The number of hydrogen-bond acceptors (Lipinski definition) is 3. The van der Waals surface area contributed by atoms with Crippen LogP contribution in [-0.4, -0.2) is 21.8 Å². The fraction of sp³-hybridized carbons (Fsp3) is 0.385. The number of nitrogens with one attached hydrogen (secondary N) is 1. The highest BCUT2D eigenvalue weighted by Gasteiger charge is 2.17. The fourth-order valence-electron chi connectivity index (χ4n) is 1.95. The largest absolute Gasteiger partial charge is 0.308 e. The van der Waals surface area contributed by atoms with E-state index >= 15 is 0 Å². The molecule has 0 spiro atoms. The molecule has 0 aliphatic carbocycles. The van der Waals surface area contributed by atoms with Gasteiger partial charge in [-0.3, -0.25) is 9.67 Å². The van der Waals surface area contributed by atoms with Gasteiger partial charge in [-0.25, -0.2) is 0 Å². The second-order valence-electron chi connectivity index (χ2n) is 4.13. The van der Waals surface area contributed by atoms with E-state index in [2.05, 4.69) is 44.4 Å². The molecule has 0 aliphatic heterocycles. The lowest BCUT2D eigenvalue weighted by Crippen LogP contribution is -2.19. The molecule has 0 saturated heterocycles. The standard InChI is InChI=1S/C13H17BrN4/c1-3-7-18-9-10(8-17-18)12(15-2)13-11(14)5-4-6-16-13/h4-6,8-9,12,15H,3,7H2,1-2H3. The van der Waals surface area contributed by atoms with Crippen LogP contribution >= 0.6 is 15.9 Å². The predicted octanol–water partition coefficient (Wildman–Crippen LogP) is 2.76. The van der Waals surface area contributed by atoms with E-state index in [0.717, 1.165) is 28.7 Å². The minimum absolute atomic E-state index is 0.0613. The van der Waals surface area contributed by atoms with Gasteiger partial charge in [-0.2, -0.15) is 5.10 Å². The molecule has 0 saturated carbocycles. The Kier molecular flexibility index (Phi) is 4.49. The summed E-state index contributed by atoms with van der Waals surface area (Å²) in [5, 5.41) is 7.65. The molecule has 0 aromatic carbocycles. The Bertz CT molecular complexity index is 509. The van der Waals surface area contributed by atoms with Crippen LogP contribution in [0.15, 0.2) is 35.2 Å². The molecule has 0 amide bonds. The van der Waals surface area contributed by atoms with E-state index in [1.54, 1.807) is 6.20 Å². The van der Waals surface area contributed by atoms with Crippen molar-refractivity contribution in [1.29, 1.82) is 0 Å². The summed E-state index contributed by atoms with van der Waals surface area (Å²) in [5.74, 6) is 0. The van der Waals surface area contributed by atoms with Gasteiger partial charge in [-0.1, -0.05) is 6.92 Å². The maximum Gasteiger partial charge on any atom is 0.0791 e. The molecule has 2 heterocycles. The van der Waals surface area contributed by atoms with Crippen molar-refractivity contribution in [3.8, 4) is 0 Å². The molecule has 2 rings (SSSR count). The lowest BCUT2D eigenvalue weighted by molar-refractivity contribution is 0.599. The first-order valence-corrected chi connectivity index (χ1v) is 6.85. The van der Waals surface area contributed by atoms with Gasteiger partial charge in [-0.05, 0) is 41.5 Å². The summed E-state index contributed by atoms with van der Waals surface area (Å²) in [6, 6.07) is 3.98. The molecule has 96 valence electrons. The minimum Gasteiger partial charge on any atom is -0.308 e. The minimum atomic E-state index is 0.0613. The van der Waals surface area contributed by atoms with E-state index in [4.69, 9.17) is 0 Å². The monoisotopic (exact) mass is 308 g/mol. The third-order valence-corrected chi connectivity index (χ3v) is 3.46. The molecule has 4 nitrogen and oxygen atoms in total. The molecule has 5 heteroatoms. The summed E-state index contributed by atoms with van der Waals surface area (Å²) in [7, 11) is 1.93. The smallest absolute Gasteiger partial charge is 0.0791 e. The first kappa shape index (κ1) is 13.2. The first-order chi connectivity index (χ1) is 8.76. The van der Waals surface area contributed by atoms with Gasteiger partial charge in [-0.15, -0.1) is 0 Å². The van der Waals surface area contributed by atoms with Gasteiger partial charge >= 0.3 is 0 Å². The highest BCUT2D eigenvalue weighted by molar-refractivity contribution is 9.10. The molecular formula is C13H17BrN4. The molecule has 1 atom stereocenters. The Morgan fingerprint density at radius 1 is 1.50 bits per heavy atom. The number of pyridine rings is 1. The fourth-order valence-corrected chi connectivity index (χ4v) is 2.44. The molecule has 0 radical (unpaired) electrons. The van der Waals surface area contributed by atoms with E-state index < -0.39 is 0 Å². The predicted molar refractivity (Wildman–Crippen MR) is 75.4 cm³/mol. The average Bonchev–Trinajstić information content (AvgIpc) is 2.82. The van der Waals surface area contributed by atoms with Crippen molar-refractivity contribution in [2.75, 3.05) is 7.05 Å². The second-order valence-corrected chi connectivity index (χ2v) is 4.98.